The lowest BCUT2D eigenvalue weighted by Gasteiger charge is -2.34. The van der Waals surface area contributed by atoms with Crippen LogP contribution in [0.3, 0.4) is 0 Å². The molecule has 4 aromatic rings. The smallest absolute Gasteiger partial charge is 0.264 e. The van der Waals surface area contributed by atoms with Gasteiger partial charge in [0.05, 0.1) is 10.6 Å². The maximum absolute atomic E-state index is 14.6. The van der Waals surface area contributed by atoms with E-state index < -0.39 is 28.5 Å². The molecule has 0 aromatic heterocycles. The van der Waals surface area contributed by atoms with Crippen molar-refractivity contribution in [1.82, 2.24) is 10.2 Å². The van der Waals surface area contributed by atoms with Gasteiger partial charge in [0.15, 0.2) is 0 Å². The predicted molar refractivity (Wildman–Crippen MR) is 186 cm³/mol. The summed E-state index contributed by atoms with van der Waals surface area (Å²) in [5.41, 5.74) is 3.16. The van der Waals surface area contributed by atoms with E-state index in [0.29, 0.717) is 5.69 Å². The van der Waals surface area contributed by atoms with Crippen LogP contribution in [0.15, 0.2) is 119 Å². The molecule has 0 heterocycles. The molecule has 9 heteroatoms. The zero-order valence-electron chi connectivity index (χ0n) is 26.0. The van der Waals surface area contributed by atoms with E-state index in [2.05, 4.69) is 21.2 Å². The highest BCUT2D eigenvalue weighted by molar-refractivity contribution is 9.10. The zero-order chi connectivity index (χ0) is 32.5. The second kappa shape index (κ2) is 15.6. The van der Waals surface area contributed by atoms with Crippen LogP contribution in [0.1, 0.15) is 49.3 Å². The molecular weight excluding hydrogens is 662 g/mol. The van der Waals surface area contributed by atoms with Gasteiger partial charge in [-0.05, 0) is 72.4 Å². The second-order valence-electron chi connectivity index (χ2n) is 11.7. The SMILES string of the molecule is CCc1ccc(N(CC(=O)N(Cc2cccc(Br)c2)[C@H](Cc2ccccc2)C(=O)NC2CCCC2)S(=O)(=O)c2ccccc2)cc1. The van der Waals surface area contributed by atoms with Gasteiger partial charge in [0.1, 0.15) is 12.6 Å². The number of rotatable bonds is 13. The third-order valence-corrected chi connectivity index (χ3v) is 10.7. The van der Waals surface area contributed by atoms with E-state index in [1.807, 2.05) is 73.7 Å². The van der Waals surface area contributed by atoms with Gasteiger partial charge in [0.2, 0.25) is 11.8 Å². The van der Waals surface area contributed by atoms with Crippen molar-refractivity contribution in [3.63, 3.8) is 0 Å². The van der Waals surface area contributed by atoms with Crippen molar-refractivity contribution in [3.8, 4) is 0 Å². The van der Waals surface area contributed by atoms with Crippen LogP contribution in [-0.2, 0) is 39.0 Å². The summed E-state index contributed by atoms with van der Waals surface area (Å²) in [7, 11) is -4.13. The standard InChI is InChI=1S/C37H40BrN3O4S/c1-2-28-20-22-33(23-21-28)41(46(44,45)34-18-7-4-8-19-34)27-36(42)40(26-30-14-11-15-31(38)24-30)35(25-29-12-5-3-6-13-29)37(43)39-32-16-9-10-17-32/h3-8,11-15,18-24,32,35H,2,9-10,16-17,25-27H2,1H3,(H,39,43)/t35-/m1/s1. The summed E-state index contributed by atoms with van der Waals surface area (Å²) in [5, 5.41) is 3.21. The van der Waals surface area contributed by atoms with Crippen molar-refractivity contribution in [3.05, 3.63) is 130 Å². The van der Waals surface area contributed by atoms with E-state index in [9.17, 15) is 18.0 Å². The van der Waals surface area contributed by atoms with Crippen LogP contribution in [0.25, 0.3) is 0 Å². The largest absolute Gasteiger partial charge is 0.352 e. The Balaban J connectivity index is 1.56. The van der Waals surface area contributed by atoms with Crippen molar-refractivity contribution in [2.75, 3.05) is 10.8 Å². The first-order chi connectivity index (χ1) is 22.2. The number of sulfonamides is 1. The van der Waals surface area contributed by atoms with Gasteiger partial charge in [-0.25, -0.2) is 8.42 Å². The first kappa shape index (κ1) is 33.4. The first-order valence-electron chi connectivity index (χ1n) is 15.8. The molecule has 1 atom stereocenters. The average molecular weight is 703 g/mol. The van der Waals surface area contributed by atoms with Gasteiger partial charge in [-0.3, -0.25) is 13.9 Å². The predicted octanol–water partition coefficient (Wildman–Crippen LogP) is 6.91. The van der Waals surface area contributed by atoms with Crippen LogP contribution in [-0.4, -0.2) is 43.8 Å². The number of aryl methyl sites for hydroxylation is 1. The molecule has 0 spiro atoms. The van der Waals surface area contributed by atoms with Gasteiger partial charge >= 0.3 is 0 Å². The van der Waals surface area contributed by atoms with Crippen LogP contribution >= 0.6 is 15.9 Å². The van der Waals surface area contributed by atoms with Crippen molar-refractivity contribution >= 4 is 43.5 Å². The third-order valence-electron chi connectivity index (χ3n) is 8.46. The van der Waals surface area contributed by atoms with Gasteiger partial charge in [0, 0.05) is 23.5 Å². The van der Waals surface area contributed by atoms with Gasteiger partial charge in [-0.15, -0.1) is 0 Å². The topological polar surface area (TPSA) is 86.8 Å². The molecule has 1 aliphatic carbocycles. The summed E-state index contributed by atoms with van der Waals surface area (Å²) in [5.74, 6) is -0.703. The molecule has 240 valence electrons. The normalized spacial score (nSPS) is 14.0. The molecule has 0 radical (unpaired) electrons. The fourth-order valence-electron chi connectivity index (χ4n) is 5.90. The Morgan fingerprint density at radius 2 is 1.46 bits per heavy atom. The lowest BCUT2D eigenvalue weighted by atomic mass is 10.0. The summed E-state index contributed by atoms with van der Waals surface area (Å²) in [6, 6.07) is 31.8. The lowest BCUT2D eigenvalue weighted by molar-refractivity contribution is -0.140. The first-order valence-corrected chi connectivity index (χ1v) is 18.0. The van der Waals surface area contributed by atoms with E-state index in [4.69, 9.17) is 0 Å². The molecular formula is C37H40BrN3O4S. The number of hydrogen-bond donors (Lipinski definition) is 1. The van der Waals surface area contributed by atoms with Gasteiger partial charge in [-0.2, -0.15) is 0 Å². The number of nitrogens with zero attached hydrogens (tertiary/aromatic N) is 2. The van der Waals surface area contributed by atoms with E-state index in [1.54, 1.807) is 35.2 Å². The molecule has 5 rings (SSSR count). The fourth-order valence-corrected chi connectivity index (χ4v) is 7.78. The number of carbonyl (C=O) groups excluding carboxylic acids is 2. The summed E-state index contributed by atoms with van der Waals surface area (Å²) in [6.07, 6.45) is 4.99. The lowest BCUT2D eigenvalue weighted by Crippen LogP contribution is -2.54. The van der Waals surface area contributed by atoms with Gasteiger partial charge < -0.3 is 10.2 Å². The second-order valence-corrected chi connectivity index (χ2v) is 14.5. The summed E-state index contributed by atoms with van der Waals surface area (Å²) >= 11 is 3.53. The van der Waals surface area contributed by atoms with Crippen molar-refractivity contribution in [2.45, 2.75) is 69.0 Å². The molecule has 7 nitrogen and oxygen atoms in total. The summed E-state index contributed by atoms with van der Waals surface area (Å²) in [6.45, 7) is 1.68. The Labute approximate surface area is 280 Å². The number of hydrogen-bond acceptors (Lipinski definition) is 4. The summed E-state index contributed by atoms with van der Waals surface area (Å²) < 4.78 is 30.3. The minimum Gasteiger partial charge on any atom is -0.352 e. The molecule has 4 aromatic carbocycles. The Hall–Kier alpha value is -3.95. The van der Waals surface area contributed by atoms with E-state index >= 15 is 0 Å². The zero-order valence-corrected chi connectivity index (χ0v) is 28.4. The molecule has 1 fully saturated rings. The number of amides is 2. The van der Waals surface area contributed by atoms with Crippen molar-refractivity contribution in [1.29, 1.82) is 0 Å². The van der Waals surface area contributed by atoms with Gasteiger partial charge in [0.25, 0.3) is 10.0 Å². The quantitative estimate of drug-likeness (QED) is 0.164. The number of nitrogens with one attached hydrogen (secondary N) is 1. The summed E-state index contributed by atoms with van der Waals surface area (Å²) in [4.78, 5) is 30.4. The van der Waals surface area contributed by atoms with E-state index in [1.165, 1.54) is 12.1 Å². The number of halogens is 1. The molecule has 1 N–H and O–H groups in total. The van der Waals surface area contributed by atoms with Crippen molar-refractivity contribution < 1.29 is 18.0 Å². The maximum atomic E-state index is 14.6. The fraction of sp³-hybridized carbons (Fsp3) is 0.297. The minimum absolute atomic E-state index is 0.0561. The van der Waals surface area contributed by atoms with Crippen LogP contribution in [0, 0.1) is 0 Å². The molecule has 2 amide bonds. The number of carbonyl (C=O) groups is 2. The highest BCUT2D eigenvalue weighted by Crippen LogP contribution is 2.26. The Kier molecular flexibility index (Phi) is 11.3. The van der Waals surface area contributed by atoms with E-state index in [-0.39, 0.29) is 29.8 Å². The molecule has 1 aliphatic rings. The maximum Gasteiger partial charge on any atom is 0.264 e. The van der Waals surface area contributed by atoms with Crippen LogP contribution in [0.4, 0.5) is 5.69 Å². The molecule has 0 unspecified atom stereocenters. The Morgan fingerprint density at radius 3 is 2.09 bits per heavy atom. The number of benzene rings is 4. The Morgan fingerprint density at radius 1 is 0.826 bits per heavy atom. The minimum atomic E-state index is -4.13. The molecule has 46 heavy (non-hydrogen) atoms. The third kappa shape index (κ3) is 8.44. The Bertz CT molecular complexity index is 1710. The van der Waals surface area contributed by atoms with Crippen LogP contribution < -0.4 is 9.62 Å². The average Bonchev–Trinajstić information content (AvgIpc) is 3.59. The molecule has 0 aliphatic heterocycles. The molecule has 0 bridgehead atoms. The van der Waals surface area contributed by atoms with Gasteiger partial charge in [-0.1, -0.05) is 108 Å². The van der Waals surface area contributed by atoms with Crippen LogP contribution in [0.2, 0.25) is 0 Å². The molecule has 0 saturated heterocycles. The molecule has 1 saturated carbocycles. The highest BCUT2D eigenvalue weighted by Gasteiger charge is 2.35. The number of anilines is 1. The van der Waals surface area contributed by atoms with E-state index in [0.717, 1.165) is 57.6 Å². The van der Waals surface area contributed by atoms with Crippen molar-refractivity contribution in [2.24, 2.45) is 0 Å². The monoisotopic (exact) mass is 701 g/mol. The highest BCUT2D eigenvalue weighted by atomic mass is 79.9. The van der Waals surface area contributed by atoms with Crippen LogP contribution in [0.5, 0.6) is 0 Å².